The highest BCUT2D eigenvalue weighted by Gasteiger charge is 2.25. The van der Waals surface area contributed by atoms with E-state index >= 15 is 0 Å². The maximum absolute atomic E-state index is 12.3. The first-order chi connectivity index (χ1) is 10.1. The van der Waals surface area contributed by atoms with Crippen LogP contribution in [0.3, 0.4) is 0 Å². The number of halogens is 1. The third kappa shape index (κ3) is 3.92. The van der Waals surface area contributed by atoms with Gasteiger partial charge in [-0.3, -0.25) is 9.59 Å². The summed E-state index contributed by atoms with van der Waals surface area (Å²) < 4.78 is 4.81. The van der Waals surface area contributed by atoms with Crippen molar-refractivity contribution in [1.82, 2.24) is 0 Å². The van der Waals surface area contributed by atoms with Crippen molar-refractivity contribution in [1.29, 1.82) is 0 Å². The number of hydrogen-bond acceptors (Lipinski definition) is 3. The van der Waals surface area contributed by atoms with E-state index in [1.165, 1.54) is 7.11 Å². The van der Waals surface area contributed by atoms with Gasteiger partial charge < -0.3 is 4.74 Å². The van der Waals surface area contributed by atoms with Crippen LogP contribution in [0.25, 0.3) is 0 Å². The van der Waals surface area contributed by atoms with Gasteiger partial charge >= 0.3 is 5.97 Å². The fourth-order valence-corrected chi connectivity index (χ4v) is 2.23. The summed E-state index contributed by atoms with van der Waals surface area (Å²) in [7, 11) is 1.32. The Balaban J connectivity index is 2.23. The molecule has 2 aromatic rings. The molecule has 108 valence electrons. The molecular formula is C17H15ClO3. The molecule has 0 fully saturated rings. The molecule has 0 unspecified atom stereocenters. The molecule has 2 aromatic carbocycles. The predicted octanol–water partition coefficient (Wildman–Crippen LogP) is 3.87. The minimum atomic E-state index is -0.625. The van der Waals surface area contributed by atoms with E-state index < -0.39 is 11.9 Å². The average Bonchev–Trinajstić information content (AvgIpc) is 2.53. The average molecular weight is 303 g/mol. The second-order valence-corrected chi connectivity index (χ2v) is 5.06. The minimum Gasteiger partial charge on any atom is -0.469 e. The quantitative estimate of drug-likeness (QED) is 0.622. The summed E-state index contributed by atoms with van der Waals surface area (Å²) in [4.78, 5) is 24.2. The lowest BCUT2D eigenvalue weighted by Crippen LogP contribution is -2.18. The molecule has 1 atom stereocenters. The van der Waals surface area contributed by atoms with E-state index in [1.807, 2.05) is 6.07 Å². The molecule has 0 saturated carbocycles. The van der Waals surface area contributed by atoms with Crippen molar-refractivity contribution in [2.45, 2.75) is 12.3 Å². The van der Waals surface area contributed by atoms with Crippen LogP contribution in [0.5, 0.6) is 0 Å². The van der Waals surface area contributed by atoms with Crippen LogP contribution in [-0.2, 0) is 9.53 Å². The third-order valence-corrected chi connectivity index (χ3v) is 3.50. The zero-order valence-corrected chi connectivity index (χ0v) is 12.3. The number of ketones is 1. The molecule has 0 aliphatic carbocycles. The van der Waals surface area contributed by atoms with Crippen molar-refractivity contribution in [3.63, 3.8) is 0 Å². The van der Waals surface area contributed by atoms with Gasteiger partial charge in [0.05, 0.1) is 13.0 Å². The van der Waals surface area contributed by atoms with Gasteiger partial charge in [0.15, 0.2) is 5.78 Å². The van der Waals surface area contributed by atoms with Gasteiger partial charge in [-0.05, 0) is 17.7 Å². The number of hydrogen-bond donors (Lipinski definition) is 0. The number of benzene rings is 2. The molecular weight excluding hydrogens is 288 g/mol. The summed E-state index contributed by atoms with van der Waals surface area (Å²) >= 11 is 5.85. The molecule has 0 aliphatic heterocycles. The van der Waals surface area contributed by atoms with E-state index in [-0.39, 0.29) is 12.2 Å². The van der Waals surface area contributed by atoms with Gasteiger partial charge in [-0.15, -0.1) is 0 Å². The number of Topliss-reactive ketones (excluding diaryl/α,β-unsaturated/α-hetero) is 1. The molecule has 0 aliphatic rings. The van der Waals surface area contributed by atoms with Crippen LogP contribution >= 0.6 is 11.6 Å². The zero-order chi connectivity index (χ0) is 15.2. The number of rotatable bonds is 5. The molecule has 0 radical (unpaired) electrons. The molecule has 3 nitrogen and oxygen atoms in total. The van der Waals surface area contributed by atoms with Crippen LogP contribution in [0, 0.1) is 0 Å². The summed E-state index contributed by atoms with van der Waals surface area (Å²) in [6.07, 6.45) is 0.0678. The Morgan fingerprint density at radius 2 is 1.67 bits per heavy atom. The Morgan fingerprint density at radius 1 is 1.05 bits per heavy atom. The van der Waals surface area contributed by atoms with Gasteiger partial charge in [-0.25, -0.2) is 0 Å². The van der Waals surface area contributed by atoms with E-state index in [0.717, 1.165) is 5.56 Å². The van der Waals surface area contributed by atoms with Crippen molar-refractivity contribution in [3.8, 4) is 0 Å². The fraction of sp³-hybridized carbons (Fsp3) is 0.176. The van der Waals surface area contributed by atoms with Crippen molar-refractivity contribution in [2.75, 3.05) is 7.11 Å². The summed E-state index contributed by atoms with van der Waals surface area (Å²) in [6.45, 7) is 0. The van der Waals surface area contributed by atoms with Crippen molar-refractivity contribution in [3.05, 3.63) is 70.7 Å². The lowest BCUT2D eigenvalue weighted by molar-refractivity contribution is -0.142. The van der Waals surface area contributed by atoms with Crippen molar-refractivity contribution >= 4 is 23.4 Å². The SMILES string of the molecule is COC(=O)[C@H](CC(=O)c1ccccc1)c1ccc(Cl)cc1. The predicted molar refractivity (Wildman–Crippen MR) is 81.6 cm³/mol. The molecule has 21 heavy (non-hydrogen) atoms. The van der Waals surface area contributed by atoms with Crippen LogP contribution in [0.4, 0.5) is 0 Å². The van der Waals surface area contributed by atoms with E-state index in [9.17, 15) is 9.59 Å². The summed E-state index contributed by atoms with van der Waals surface area (Å²) in [5, 5.41) is 0.580. The zero-order valence-electron chi connectivity index (χ0n) is 11.6. The second kappa shape index (κ2) is 7.04. The van der Waals surface area contributed by atoms with Crippen LogP contribution in [0.2, 0.25) is 5.02 Å². The highest BCUT2D eigenvalue weighted by Crippen LogP contribution is 2.24. The lowest BCUT2D eigenvalue weighted by Gasteiger charge is -2.14. The minimum absolute atomic E-state index is 0.0678. The standard InChI is InChI=1S/C17H15ClO3/c1-21-17(20)15(12-7-9-14(18)10-8-12)11-16(19)13-5-3-2-4-6-13/h2-10,15H,11H2,1H3/t15-/m1/s1. The number of carbonyl (C=O) groups is 2. The number of ether oxygens (including phenoxy) is 1. The highest BCUT2D eigenvalue weighted by atomic mass is 35.5. The first kappa shape index (κ1) is 15.3. The van der Waals surface area contributed by atoms with Crippen molar-refractivity contribution < 1.29 is 14.3 Å². The maximum Gasteiger partial charge on any atom is 0.313 e. The molecule has 0 amide bonds. The Labute approximate surface area is 128 Å². The Kier molecular flexibility index (Phi) is 5.12. The molecule has 0 saturated heterocycles. The lowest BCUT2D eigenvalue weighted by atomic mass is 9.91. The molecule has 0 spiro atoms. The Bertz CT molecular complexity index is 620. The summed E-state index contributed by atoms with van der Waals surface area (Å²) in [6, 6.07) is 15.8. The van der Waals surface area contributed by atoms with Crippen LogP contribution in [-0.4, -0.2) is 18.9 Å². The van der Waals surface area contributed by atoms with Crippen LogP contribution in [0.1, 0.15) is 28.3 Å². The van der Waals surface area contributed by atoms with E-state index in [0.29, 0.717) is 10.6 Å². The van der Waals surface area contributed by atoms with Gasteiger partial charge in [0.1, 0.15) is 0 Å². The van der Waals surface area contributed by atoms with Crippen LogP contribution in [0.15, 0.2) is 54.6 Å². The number of methoxy groups -OCH3 is 1. The third-order valence-electron chi connectivity index (χ3n) is 3.24. The Hall–Kier alpha value is -2.13. The van der Waals surface area contributed by atoms with E-state index in [4.69, 9.17) is 16.3 Å². The first-order valence-corrected chi connectivity index (χ1v) is 6.91. The molecule has 0 bridgehead atoms. The monoisotopic (exact) mass is 302 g/mol. The molecule has 0 aromatic heterocycles. The Morgan fingerprint density at radius 3 is 2.24 bits per heavy atom. The van der Waals surface area contributed by atoms with Gasteiger partial charge in [0, 0.05) is 17.0 Å². The van der Waals surface area contributed by atoms with Gasteiger partial charge in [-0.1, -0.05) is 54.1 Å². The van der Waals surface area contributed by atoms with E-state index in [2.05, 4.69) is 0 Å². The van der Waals surface area contributed by atoms with Gasteiger partial charge in [0.25, 0.3) is 0 Å². The smallest absolute Gasteiger partial charge is 0.313 e. The van der Waals surface area contributed by atoms with Crippen molar-refractivity contribution in [2.24, 2.45) is 0 Å². The molecule has 0 N–H and O–H groups in total. The summed E-state index contributed by atoms with van der Waals surface area (Å²) in [5.74, 6) is -1.15. The molecule has 2 rings (SSSR count). The normalized spacial score (nSPS) is 11.7. The largest absolute Gasteiger partial charge is 0.469 e. The fourth-order valence-electron chi connectivity index (χ4n) is 2.10. The molecule has 0 heterocycles. The topological polar surface area (TPSA) is 43.4 Å². The highest BCUT2D eigenvalue weighted by molar-refractivity contribution is 6.30. The van der Waals surface area contributed by atoms with Crippen LogP contribution < -0.4 is 0 Å². The second-order valence-electron chi connectivity index (χ2n) is 4.62. The summed E-state index contributed by atoms with van der Waals surface area (Å²) in [5.41, 5.74) is 1.30. The molecule has 4 heteroatoms. The number of esters is 1. The first-order valence-electron chi connectivity index (χ1n) is 6.53. The van der Waals surface area contributed by atoms with Gasteiger partial charge in [-0.2, -0.15) is 0 Å². The van der Waals surface area contributed by atoms with E-state index in [1.54, 1.807) is 48.5 Å². The number of carbonyl (C=O) groups excluding carboxylic acids is 2. The maximum atomic E-state index is 12.3. The van der Waals surface area contributed by atoms with Gasteiger partial charge in [0.2, 0.25) is 0 Å².